The number of hydrogen-bond acceptors (Lipinski definition) is 5. The molecule has 5 aromatic rings. The van der Waals surface area contributed by atoms with E-state index in [0.29, 0.717) is 27.5 Å². The highest BCUT2D eigenvalue weighted by molar-refractivity contribution is 7.99. The van der Waals surface area contributed by atoms with E-state index in [2.05, 4.69) is 22.4 Å². The molecule has 1 N–H and O–H groups in total. The van der Waals surface area contributed by atoms with Crippen molar-refractivity contribution in [1.29, 1.82) is 0 Å². The Labute approximate surface area is 200 Å². The van der Waals surface area contributed by atoms with E-state index in [9.17, 15) is 9.59 Å². The van der Waals surface area contributed by atoms with Gasteiger partial charge in [-0.15, -0.1) is 10.2 Å². The first-order chi connectivity index (χ1) is 16.6. The molecule has 0 unspecified atom stereocenters. The molecule has 0 saturated carbocycles. The molecule has 2 aromatic heterocycles. The molecule has 0 aliphatic rings. The number of rotatable bonds is 6. The molecular formula is C26H23N5O2S. The monoisotopic (exact) mass is 469 g/mol. The maximum Gasteiger partial charge on any atom is 0.267 e. The van der Waals surface area contributed by atoms with Crippen molar-refractivity contribution in [3.63, 3.8) is 0 Å². The lowest BCUT2D eigenvalue weighted by Crippen LogP contribution is -2.22. The normalized spacial score (nSPS) is 11.2. The third-order valence-electron chi connectivity index (χ3n) is 5.69. The summed E-state index contributed by atoms with van der Waals surface area (Å²) in [5.41, 5.74) is 4.26. The minimum absolute atomic E-state index is 0.126. The predicted octanol–water partition coefficient (Wildman–Crippen LogP) is 4.64. The molecule has 170 valence electrons. The maximum atomic E-state index is 13.4. The number of thioether (sulfide) groups is 1. The summed E-state index contributed by atoms with van der Waals surface area (Å²) in [4.78, 5) is 26.1. The van der Waals surface area contributed by atoms with Gasteiger partial charge in [0.1, 0.15) is 0 Å². The van der Waals surface area contributed by atoms with Crippen molar-refractivity contribution in [1.82, 2.24) is 19.2 Å². The van der Waals surface area contributed by atoms with E-state index in [4.69, 9.17) is 0 Å². The molecule has 0 aliphatic carbocycles. The van der Waals surface area contributed by atoms with Crippen LogP contribution in [0, 0.1) is 6.92 Å². The van der Waals surface area contributed by atoms with E-state index in [-0.39, 0.29) is 17.2 Å². The third-order valence-corrected chi connectivity index (χ3v) is 6.62. The van der Waals surface area contributed by atoms with Crippen molar-refractivity contribution in [2.24, 2.45) is 0 Å². The Bertz CT molecular complexity index is 1570. The Morgan fingerprint density at radius 3 is 2.50 bits per heavy atom. The molecule has 34 heavy (non-hydrogen) atoms. The van der Waals surface area contributed by atoms with Gasteiger partial charge in [-0.3, -0.25) is 14.0 Å². The number of anilines is 1. The molecule has 0 bridgehead atoms. The fraction of sp³-hybridized carbons (Fsp3) is 0.154. The average molecular weight is 470 g/mol. The highest BCUT2D eigenvalue weighted by Crippen LogP contribution is 2.24. The summed E-state index contributed by atoms with van der Waals surface area (Å²) in [6, 6.07) is 22.9. The van der Waals surface area contributed by atoms with E-state index in [1.54, 1.807) is 10.6 Å². The molecule has 5 rings (SSSR count). The number of hydrogen-bond donors (Lipinski definition) is 1. The van der Waals surface area contributed by atoms with Crippen molar-refractivity contribution in [2.45, 2.75) is 25.4 Å². The zero-order chi connectivity index (χ0) is 23.7. The number of fused-ring (bicyclic) bond motifs is 3. The Balaban J connectivity index is 1.53. The lowest BCUT2D eigenvalue weighted by atomic mass is 10.1. The SMILES string of the molecule is CCc1ccccc1NC(=O)CSc1nnc2n(-c3ccc(C)cc3)c(=O)c3ccccc3n12. The van der Waals surface area contributed by atoms with Crippen molar-refractivity contribution in [2.75, 3.05) is 11.1 Å². The number of benzene rings is 3. The summed E-state index contributed by atoms with van der Waals surface area (Å²) in [5, 5.41) is 12.8. The van der Waals surface area contributed by atoms with Gasteiger partial charge in [0.25, 0.3) is 5.56 Å². The standard InChI is InChI=1S/C26H23N5O2S/c1-3-18-8-4-6-10-21(18)27-23(32)16-34-26-29-28-25-30(19-14-12-17(2)13-15-19)24(33)20-9-5-7-11-22(20)31(25)26/h4-15H,3,16H2,1-2H3,(H,27,32). The van der Waals surface area contributed by atoms with Crippen LogP contribution in [0.2, 0.25) is 0 Å². The highest BCUT2D eigenvalue weighted by atomic mass is 32.2. The molecule has 0 spiro atoms. The molecular weight excluding hydrogens is 446 g/mol. The Morgan fingerprint density at radius 1 is 0.971 bits per heavy atom. The molecule has 1 amide bonds. The average Bonchev–Trinajstić information content (AvgIpc) is 3.28. The number of aromatic nitrogens is 4. The predicted molar refractivity (Wildman–Crippen MR) is 136 cm³/mol. The van der Waals surface area contributed by atoms with Gasteiger partial charge >= 0.3 is 0 Å². The van der Waals surface area contributed by atoms with Crippen LogP contribution in [0.4, 0.5) is 5.69 Å². The van der Waals surface area contributed by atoms with Crippen LogP contribution in [0.25, 0.3) is 22.4 Å². The van der Waals surface area contributed by atoms with Crippen molar-refractivity contribution in [3.05, 3.63) is 94.3 Å². The molecule has 0 radical (unpaired) electrons. The van der Waals surface area contributed by atoms with Crippen LogP contribution in [0.15, 0.2) is 82.7 Å². The van der Waals surface area contributed by atoms with Gasteiger partial charge in [0.05, 0.1) is 22.3 Å². The van der Waals surface area contributed by atoms with Crippen LogP contribution in [-0.2, 0) is 11.2 Å². The van der Waals surface area contributed by atoms with Crippen LogP contribution in [0.3, 0.4) is 0 Å². The molecule has 2 heterocycles. The van der Waals surface area contributed by atoms with E-state index < -0.39 is 0 Å². The van der Waals surface area contributed by atoms with Gasteiger partial charge in [0.15, 0.2) is 5.16 Å². The zero-order valence-corrected chi connectivity index (χ0v) is 19.7. The molecule has 0 fully saturated rings. The van der Waals surface area contributed by atoms with Gasteiger partial charge in [-0.05, 0) is 49.2 Å². The van der Waals surface area contributed by atoms with E-state index in [0.717, 1.165) is 23.2 Å². The van der Waals surface area contributed by atoms with E-state index in [1.165, 1.54) is 11.8 Å². The minimum Gasteiger partial charge on any atom is -0.325 e. The Kier molecular flexibility index (Phi) is 5.90. The number of amides is 1. The lowest BCUT2D eigenvalue weighted by Gasteiger charge is -2.12. The van der Waals surface area contributed by atoms with Gasteiger partial charge in [0.2, 0.25) is 11.7 Å². The van der Waals surface area contributed by atoms with E-state index >= 15 is 0 Å². The zero-order valence-electron chi connectivity index (χ0n) is 18.9. The number of para-hydroxylation sites is 2. The molecule has 7 nitrogen and oxygen atoms in total. The molecule has 8 heteroatoms. The summed E-state index contributed by atoms with van der Waals surface area (Å²) in [6.45, 7) is 4.05. The highest BCUT2D eigenvalue weighted by Gasteiger charge is 2.18. The van der Waals surface area contributed by atoms with Crippen LogP contribution >= 0.6 is 11.8 Å². The number of nitrogens with zero attached hydrogens (tertiary/aromatic N) is 4. The largest absolute Gasteiger partial charge is 0.325 e. The van der Waals surface area contributed by atoms with Crippen LogP contribution in [0.5, 0.6) is 0 Å². The Morgan fingerprint density at radius 2 is 1.71 bits per heavy atom. The topological polar surface area (TPSA) is 81.3 Å². The number of carbonyl (C=O) groups excluding carboxylic acids is 1. The summed E-state index contributed by atoms with van der Waals surface area (Å²) in [7, 11) is 0. The lowest BCUT2D eigenvalue weighted by molar-refractivity contribution is -0.113. The molecule has 3 aromatic carbocycles. The summed E-state index contributed by atoms with van der Waals surface area (Å²) < 4.78 is 3.41. The minimum atomic E-state index is -0.162. The van der Waals surface area contributed by atoms with Gasteiger partial charge < -0.3 is 5.32 Å². The van der Waals surface area contributed by atoms with Gasteiger partial charge in [-0.2, -0.15) is 0 Å². The van der Waals surface area contributed by atoms with Crippen molar-refractivity contribution >= 4 is 40.0 Å². The smallest absolute Gasteiger partial charge is 0.267 e. The van der Waals surface area contributed by atoms with Gasteiger partial charge in [-0.1, -0.05) is 66.7 Å². The van der Waals surface area contributed by atoms with Gasteiger partial charge in [-0.25, -0.2) is 4.57 Å². The van der Waals surface area contributed by atoms with Crippen LogP contribution < -0.4 is 10.9 Å². The first kappa shape index (κ1) is 21.9. The van der Waals surface area contributed by atoms with E-state index in [1.807, 2.05) is 78.1 Å². The first-order valence-corrected chi connectivity index (χ1v) is 12.0. The van der Waals surface area contributed by atoms with Crippen LogP contribution in [0.1, 0.15) is 18.1 Å². The second kappa shape index (κ2) is 9.15. The fourth-order valence-electron chi connectivity index (χ4n) is 3.97. The molecule has 0 aliphatic heterocycles. The summed E-state index contributed by atoms with van der Waals surface area (Å²) in [5.74, 6) is 0.446. The number of aryl methyl sites for hydroxylation is 2. The number of carbonyl (C=O) groups is 1. The van der Waals surface area contributed by atoms with Gasteiger partial charge in [0, 0.05) is 5.69 Å². The summed E-state index contributed by atoms with van der Waals surface area (Å²) in [6.07, 6.45) is 0.834. The molecule has 0 saturated heterocycles. The third kappa shape index (κ3) is 3.97. The van der Waals surface area contributed by atoms with Crippen molar-refractivity contribution in [3.8, 4) is 5.69 Å². The maximum absolute atomic E-state index is 13.4. The quantitative estimate of drug-likeness (QED) is 0.367. The second-order valence-corrected chi connectivity index (χ2v) is 8.90. The molecule has 0 atom stereocenters. The van der Waals surface area contributed by atoms with Crippen molar-refractivity contribution < 1.29 is 4.79 Å². The first-order valence-electron chi connectivity index (χ1n) is 11.0. The Hall–Kier alpha value is -3.91. The summed E-state index contributed by atoms with van der Waals surface area (Å²) >= 11 is 1.29. The fourth-order valence-corrected chi connectivity index (χ4v) is 4.71. The number of nitrogens with one attached hydrogen (secondary N) is 1. The van der Waals surface area contributed by atoms with Crippen LogP contribution in [-0.4, -0.2) is 30.8 Å². The second-order valence-electron chi connectivity index (χ2n) is 7.96.